The molecule has 28 heavy (non-hydrogen) atoms. The highest BCUT2D eigenvalue weighted by molar-refractivity contribution is 5.16. The molecule has 2 rings (SSSR count). The molecule has 0 fully saturated rings. The third kappa shape index (κ3) is 5.36. The van der Waals surface area contributed by atoms with Crippen LogP contribution in [0, 0.1) is 0 Å². The van der Waals surface area contributed by atoms with Gasteiger partial charge in [-0.15, -0.1) is 0 Å². The maximum atomic E-state index is 4.97. The zero-order valence-electron chi connectivity index (χ0n) is 19.8. The summed E-state index contributed by atoms with van der Waals surface area (Å²) in [6.07, 6.45) is 8.25. The lowest BCUT2D eigenvalue weighted by atomic mass is 9.87. The summed E-state index contributed by atoms with van der Waals surface area (Å²) < 4.78 is 2.29. The van der Waals surface area contributed by atoms with Crippen LogP contribution >= 0.6 is 0 Å². The fourth-order valence-corrected chi connectivity index (χ4v) is 2.96. The van der Waals surface area contributed by atoms with Gasteiger partial charge in [-0.05, 0) is 13.8 Å². The molecule has 2 aromatic rings. The third-order valence-electron chi connectivity index (χ3n) is 5.05. The van der Waals surface area contributed by atoms with Crippen LogP contribution in [0.1, 0.15) is 98.9 Å². The SMILES string of the molecule is CC(C)(C)c1cnc(C(C)(C)C[n+]2cc(C(C)(C)C)nc(C(C)(C)C)c2)cn1. The van der Waals surface area contributed by atoms with E-state index in [1.165, 1.54) is 0 Å². The molecule has 0 aromatic carbocycles. The standard InChI is InChI=1S/C24H39N4/c1-21(2,3)17-12-26-18(13-25-17)24(10,11)16-28-14-19(22(4,5)6)27-20(15-28)23(7,8)9/h12-15H,16H2,1-11H3/q+1. The van der Waals surface area contributed by atoms with Gasteiger partial charge in [0.2, 0.25) is 0 Å². The van der Waals surface area contributed by atoms with Gasteiger partial charge < -0.3 is 0 Å². The van der Waals surface area contributed by atoms with Crippen LogP contribution in [0.2, 0.25) is 0 Å². The molecule has 0 unspecified atom stereocenters. The van der Waals surface area contributed by atoms with Crippen LogP contribution in [0.25, 0.3) is 0 Å². The van der Waals surface area contributed by atoms with Gasteiger partial charge in [0, 0.05) is 28.6 Å². The van der Waals surface area contributed by atoms with E-state index in [1.54, 1.807) is 0 Å². The average Bonchev–Trinajstić information content (AvgIpc) is 2.52. The van der Waals surface area contributed by atoms with E-state index in [9.17, 15) is 0 Å². The number of hydrogen-bond acceptors (Lipinski definition) is 3. The Hall–Kier alpha value is -1.84. The van der Waals surface area contributed by atoms with E-state index >= 15 is 0 Å². The minimum absolute atomic E-state index is 0.00130. The first-order valence-corrected chi connectivity index (χ1v) is 10.3. The molecule has 0 amide bonds. The molecule has 0 saturated heterocycles. The highest BCUT2D eigenvalue weighted by Gasteiger charge is 2.32. The van der Waals surface area contributed by atoms with E-state index in [1.807, 2.05) is 12.4 Å². The highest BCUT2D eigenvalue weighted by atomic mass is 15.0. The van der Waals surface area contributed by atoms with E-state index in [0.29, 0.717) is 0 Å². The molecular formula is C24H39N4+. The van der Waals surface area contributed by atoms with Crippen molar-refractivity contribution in [1.29, 1.82) is 0 Å². The normalized spacial score (nSPS) is 13.7. The summed E-state index contributed by atoms with van der Waals surface area (Å²) in [4.78, 5) is 14.4. The van der Waals surface area contributed by atoms with Gasteiger partial charge in [-0.3, -0.25) is 9.97 Å². The fourth-order valence-electron chi connectivity index (χ4n) is 2.96. The molecule has 0 N–H and O–H groups in total. The minimum atomic E-state index is -0.139. The van der Waals surface area contributed by atoms with Crippen LogP contribution in [-0.2, 0) is 28.2 Å². The van der Waals surface area contributed by atoms with Crippen molar-refractivity contribution in [2.45, 2.75) is 104 Å². The van der Waals surface area contributed by atoms with Gasteiger partial charge >= 0.3 is 0 Å². The van der Waals surface area contributed by atoms with Gasteiger partial charge in [-0.1, -0.05) is 62.3 Å². The van der Waals surface area contributed by atoms with E-state index in [-0.39, 0.29) is 21.7 Å². The zero-order chi connectivity index (χ0) is 21.5. The Morgan fingerprint density at radius 1 is 0.607 bits per heavy atom. The summed E-state index contributed by atoms with van der Waals surface area (Å²) in [5.74, 6) is 0. The summed E-state index contributed by atoms with van der Waals surface area (Å²) >= 11 is 0. The Balaban J connectivity index is 2.42. The van der Waals surface area contributed by atoms with Crippen molar-refractivity contribution in [2.24, 2.45) is 0 Å². The van der Waals surface area contributed by atoms with Crippen molar-refractivity contribution in [3.05, 3.63) is 47.6 Å². The first-order chi connectivity index (χ1) is 12.5. The van der Waals surface area contributed by atoms with Crippen molar-refractivity contribution in [2.75, 3.05) is 0 Å². The van der Waals surface area contributed by atoms with Gasteiger partial charge in [0.05, 0.1) is 16.8 Å². The van der Waals surface area contributed by atoms with Gasteiger partial charge in [-0.25, -0.2) is 9.55 Å². The number of hydrogen-bond donors (Lipinski definition) is 0. The molecule has 4 nitrogen and oxygen atoms in total. The second kappa shape index (κ2) is 7.20. The fraction of sp³-hybridized carbons (Fsp3) is 0.667. The molecule has 0 atom stereocenters. The topological polar surface area (TPSA) is 42.5 Å². The largest absolute Gasteiger partial charge is 0.257 e. The molecule has 2 heterocycles. The van der Waals surface area contributed by atoms with Crippen LogP contribution in [0.15, 0.2) is 24.8 Å². The van der Waals surface area contributed by atoms with E-state index < -0.39 is 0 Å². The average molecular weight is 384 g/mol. The summed E-state index contributed by atoms with van der Waals surface area (Å²) in [7, 11) is 0. The molecule has 0 saturated carbocycles. The Bertz CT molecular complexity index is 781. The molecule has 0 spiro atoms. The predicted octanol–water partition coefficient (Wildman–Crippen LogP) is 5.03. The maximum Gasteiger partial charge on any atom is 0.191 e. The molecule has 0 aliphatic heterocycles. The van der Waals surface area contributed by atoms with E-state index in [2.05, 4.69) is 98.1 Å². The number of aromatic nitrogens is 4. The van der Waals surface area contributed by atoms with Crippen LogP contribution < -0.4 is 4.57 Å². The van der Waals surface area contributed by atoms with Crippen LogP contribution in [0.4, 0.5) is 0 Å². The highest BCUT2D eigenvalue weighted by Crippen LogP contribution is 2.26. The number of nitrogens with zero attached hydrogens (tertiary/aromatic N) is 4. The van der Waals surface area contributed by atoms with Crippen molar-refractivity contribution in [1.82, 2.24) is 15.0 Å². The second-order valence-corrected chi connectivity index (χ2v) is 11.7. The van der Waals surface area contributed by atoms with E-state index in [0.717, 1.165) is 29.3 Å². The first-order valence-electron chi connectivity index (χ1n) is 10.3. The Morgan fingerprint density at radius 2 is 1.00 bits per heavy atom. The van der Waals surface area contributed by atoms with Gasteiger partial charge in [-0.2, -0.15) is 0 Å². The van der Waals surface area contributed by atoms with Gasteiger partial charge in [0.25, 0.3) is 0 Å². The van der Waals surface area contributed by atoms with Crippen molar-refractivity contribution < 1.29 is 4.57 Å². The lowest BCUT2D eigenvalue weighted by molar-refractivity contribution is -0.705. The smallest absolute Gasteiger partial charge is 0.191 e. The van der Waals surface area contributed by atoms with Gasteiger partial charge in [0.1, 0.15) is 11.4 Å². The molecule has 0 radical (unpaired) electrons. The van der Waals surface area contributed by atoms with Crippen molar-refractivity contribution >= 4 is 0 Å². The lowest BCUT2D eigenvalue weighted by Crippen LogP contribution is -2.46. The van der Waals surface area contributed by atoms with Crippen LogP contribution in [0.3, 0.4) is 0 Å². The van der Waals surface area contributed by atoms with Gasteiger partial charge in [0.15, 0.2) is 18.9 Å². The summed E-state index contributed by atoms with van der Waals surface area (Å²) in [5, 5.41) is 0. The Morgan fingerprint density at radius 3 is 1.36 bits per heavy atom. The van der Waals surface area contributed by atoms with Crippen molar-refractivity contribution in [3.8, 4) is 0 Å². The second-order valence-electron chi connectivity index (χ2n) is 11.7. The van der Waals surface area contributed by atoms with Crippen LogP contribution in [0.5, 0.6) is 0 Å². The predicted molar refractivity (Wildman–Crippen MR) is 116 cm³/mol. The molecule has 0 aliphatic carbocycles. The molecule has 4 heteroatoms. The Kier molecular flexibility index (Phi) is 5.77. The minimum Gasteiger partial charge on any atom is -0.257 e. The monoisotopic (exact) mass is 383 g/mol. The van der Waals surface area contributed by atoms with E-state index in [4.69, 9.17) is 9.97 Å². The summed E-state index contributed by atoms with van der Waals surface area (Å²) in [6.45, 7) is 25.1. The first kappa shape index (κ1) is 22.4. The molecule has 0 aliphatic rings. The third-order valence-corrected chi connectivity index (χ3v) is 5.05. The molecule has 154 valence electrons. The lowest BCUT2D eigenvalue weighted by Gasteiger charge is -2.25. The van der Waals surface area contributed by atoms with Crippen molar-refractivity contribution in [3.63, 3.8) is 0 Å². The summed E-state index contributed by atoms with van der Waals surface area (Å²) in [5.41, 5.74) is 4.14. The quantitative estimate of drug-likeness (QED) is 0.698. The molecule has 0 bridgehead atoms. The molecular weight excluding hydrogens is 344 g/mol. The number of rotatable bonds is 3. The summed E-state index contributed by atoms with van der Waals surface area (Å²) in [6, 6.07) is 0. The maximum absolute atomic E-state index is 4.97. The Labute approximate surface area is 171 Å². The van der Waals surface area contributed by atoms with Crippen LogP contribution in [-0.4, -0.2) is 15.0 Å². The zero-order valence-corrected chi connectivity index (χ0v) is 19.8. The molecule has 2 aromatic heterocycles.